The second-order valence-corrected chi connectivity index (χ2v) is 6.31. The van der Waals surface area contributed by atoms with Crippen molar-refractivity contribution < 1.29 is 12.8 Å². The summed E-state index contributed by atoms with van der Waals surface area (Å²) in [6.07, 6.45) is 3.13. The summed E-state index contributed by atoms with van der Waals surface area (Å²) in [6, 6.07) is 1.12. The fourth-order valence-corrected chi connectivity index (χ4v) is 3.56. The maximum absolute atomic E-state index is 13.5. The lowest BCUT2D eigenvalue weighted by molar-refractivity contribution is 0.551. The summed E-state index contributed by atoms with van der Waals surface area (Å²) in [7, 11) is -3.77. The summed E-state index contributed by atoms with van der Waals surface area (Å²) in [5.41, 5.74) is 5.93. The zero-order valence-corrected chi connectivity index (χ0v) is 12.5. The van der Waals surface area contributed by atoms with Gasteiger partial charge in [-0.1, -0.05) is 5.21 Å². The van der Waals surface area contributed by atoms with E-state index in [-0.39, 0.29) is 22.7 Å². The third-order valence-electron chi connectivity index (χ3n) is 3.08. The molecule has 3 N–H and O–H groups in total. The van der Waals surface area contributed by atoms with E-state index in [1.54, 1.807) is 6.20 Å². The molecule has 1 aromatic carbocycles. The quantitative estimate of drug-likeness (QED) is 0.787. The molecule has 2 rings (SSSR count). The number of nitrogens with one attached hydrogen (secondary N) is 1. The van der Waals surface area contributed by atoms with Gasteiger partial charge in [-0.25, -0.2) is 17.5 Å². The van der Waals surface area contributed by atoms with Crippen molar-refractivity contribution in [2.75, 3.05) is 12.3 Å². The van der Waals surface area contributed by atoms with Crippen LogP contribution in [-0.4, -0.2) is 30.0 Å². The second kappa shape index (κ2) is 5.78. The molecule has 1 heterocycles. The Bertz CT molecular complexity index is 744. The molecule has 0 amide bonds. The molecule has 0 bridgehead atoms. The summed E-state index contributed by atoms with van der Waals surface area (Å²) in [4.78, 5) is 0.0139. The van der Waals surface area contributed by atoms with Crippen molar-refractivity contribution in [3.63, 3.8) is 0 Å². The van der Waals surface area contributed by atoms with Crippen LogP contribution >= 0.6 is 0 Å². The molecule has 0 aliphatic carbocycles. The third kappa shape index (κ3) is 3.19. The molecule has 114 valence electrons. The lowest BCUT2D eigenvalue weighted by atomic mass is 10.1. The number of hydrogen-bond donors (Lipinski definition) is 2. The van der Waals surface area contributed by atoms with Crippen molar-refractivity contribution in [1.82, 2.24) is 19.7 Å². The van der Waals surface area contributed by atoms with Crippen molar-refractivity contribution in [2.45, 2.75) is 25.3 Å². The van der Waals surface area contributed by atoms with Crippen LogP contribution in [-0.2, 0) is 16.6 Å². The van der Waals surface area contributed by atoms with Gasteiger partial charge in [-0.05, 0) is 31.0 Å². The predicted molar refractivity (Wildman–Crippen MR) is 75.5 cm³/mol. The normalized spacial score (nSPS) is 11.8. The molecule has 0 aliphatic heterocycles. The topological polar surface area (TPSA) is 103 Å². The van der Waals surface area contributed by atoms with Crippen LogP contribution in [0.4, 0.5) is 10.1 Å². The summed E-state index contributed by atoms with van der Waals surface area (Å²) in [5, 5.41) is 7.35. The van der Waals surface area contributed by atoms with Crippen molar-refractivity contribution in [3.05, 3.63) is 35.4 Å². The van der Waals surface area contributed by atoms with Gasteiger partial charge in [0.25, 0.3) is 0 Å². The largest absolute Gasteiger partial charge is 0.396 e. The Morgan fingerprint density at radius 1 is 1.43 bits per heavy atom. The van der Waals surface area contributed by atoms with Crippen LogP contribution in [0.15, 0.2) is 23.4 Å². The van der Waals surface area contributed by atoms with Crippen LogP contribution < -0.4 is 10.5 Å². The van der Waals surface area contributed by atoms with Crippen molar-refractivity contribution in [2.24, 2.45) is 0 Å². The van der Waals surface area contributed by atoms with E-state index in [9.17, 15) is 12.8 Å². The van der Waals surface area contributed by atoms with E-state index in [2.05, 4.69) is 15.0 Å². The van der Waals surface area contributed by atoms with E-state index >= 15 is 0 Å². The number of hydrogen-bond acceptors (Lipinski definition) is 5. The first-order chi connectivity index (χ1) is 9.83. The van der Waals surface area contributed by atoms with Gasteiger partial charge >= 0.3 is 0 Å². The van der Waals surface area contributed by atoms with E-state index in [1.165, 1.54) is 24.7 Å². The predicted octanol–water partition coefficient (Wildman–Crippen LogP) is 0.595. The van der Waals surface area contributed by atoms with Gasteiger partial charge in [0.1, 0.15) is 5.82 Å². The standard InChI is InChI=1S/C12H16FN5O2S/c1-8-7-10(13)11(14)9(2)12(8)21(19,20)16-4-6-18-5-3-15-17-18/h3,5,7,16H,4,6,14H2,1-2H3. The fraction of sp³-hybridized carbons (Fsp3) is 0.333. The summed E-state index contributed by atoms with van der Waals surface area (Å²) < 4.78 is 42.1. The lowest BCUT2D eigenvalue weighted by Gasteiger charge is -2.14. The van der Waals surface area contributed by atoms with Gasteiger partial charge in [0, 0.05) is 12.7 Å². The molecule has 21 heavy (non-hydrogen) atoms. The fourth-order valence-electron chi connectivity index (χ4n) is 2.06. The molecule has 0 saturated heterocycles. The Hall–Kier alpha value is -2.00. The maximum Gasteiger partial charge on any atom is 0.241 e. The number of halogens is 1. The molecule has 0 aliphatic rings. The van der Waals surface area contributed by atoms with E-state index in [1.807, 2.05) is 0 Å². The molecule has 0 unspecified atom stereocenters. The van der Waals surface area contributed by atoms with Gasteiger partial charge in [0.15, 0.2) is 0 Å². The van der Waals surface area contributed by atoms with Gasteiger partial charge < -0.3 is 5.73 Å². The Kier molecular flexibility index (Phi) is 4.24. The van der Waals surface area contributed by atoms with Gasteiger partial charge in [-0.2, -0.15) is 0 Å². The molecule has 1 aromatic heterocycles. The molecule has 0 saturated carbocycles. The highest BCUT2D eigenvalue weighted by Gasteiger charge is 2.22. The highest BCUT2D eigenvalue weighted by molar-refractivity contribution is 7.89. The van der Waals surface area contributed by atoms with Crippen molar-refractivity contribution in [1.29, 1.82) is 0 Å². The number of aromatic nitrogens is 3. The van der Waals surface area contributed by atoms with Gasteiger partial charge in [0.05, 0.1) is 23.3 Å². The first-order valence-electron chi connectivity index (χ1n) is 6.22. The molecule has 0 fully saturated rings. The number of benzene rings is 1. The monoisotopic (exact) mass is 313 g/mol. The first-order valence-corrected chi connectivity index (χ1v) is 7.70. The Balaban J connectivity index is 2.22. The smallest absolute Gasteiger partial charge is 0.241 e. The first kappa shape index (κ1) is 15.4. The molecule has 0 atom stereocenters. The Morgan fingerprint density at radius 2 is 2.14 bits per heavy atom. The molecule has 9 heteroatoms. The molecule has 0 radical (unpaired) electrons. The van der Waals surface area contributed by atoms with Gasteiger partial charge in [-0.15, -0.1) is 5.10 Å². The van der Waals surface area contributed by atoms with Gasteiger partial charge in [-0.3, -0.25) is 4.68 Å². The van der Waals surface area contributed by atoms with E-state index in [0.717, 1.165) is 6.07 Å². The number of aryl methyl sites for hydroxylation is 1. The highest BCUT2D eigenvalue weighted by atomic mass is 32.2. The summed E-state index contributed by atoms with van der Waals surface area (Å²) >= 11 is 0. The van der Waals surface area contributed by atoms with Crippen molar-refractivity contribution in [3.8, 4) is 0 Å². The minimum Gasteiger partial charge on any atom is -0.396 e. The van der Waals surface area contributed by atoms with Crippen LogP contribution in [0.3, 0.4) is 0 Å². The minimum absolute atomic E-state index is 0.0139. The number of rotatable bonds is 5. The second-order valence-electron chi connectivity index (χ2n) is 4.61. The maximum atomic E-state index is 13.5. The average Bonchev–Trinajstić information content (AvgIpc) is 2.88. The van der Waals surface area contributed by atoms with Crippen LogP contribution in [0, 0.1) is 19.7 Å². The zero-order valence-electron chi connectivity index (χ0n) is 11.7. The summed E-state index contributed by atoms with van der Waals surface area (Å²) in [5.74, 6) is -0.619. The molecular formula is C12H16FN5O2S. The molecule has 2 aromatic rings. The minimum atomic E-state index is -3.77. The van der Waals surface area contributed by atoms with Crippen LogP contribution in [0.5, 0.6) is 0 Å². The Labute approximate surface area is 122 Å². The number of nitrogen functional groups attached to an aromatic ring is 1. The molecular weight excluding hydrogens is 297 g/mol. The van der Waals surface area contributed by atoms with Crippen molar-refractivity contribution >= 4 is 15.7 Å². The van der Waals surface area contributed by atoms with Gasteiger partial charge in [0.2, 0.25) is 10.0 Å². The molecule has 7 nitrogen and oxygen atoms in total. The Morgan fingerprint density at radius 3 is 2.76 bits per heavy atom. The number of anilines is 1. The summed E-state index contributed by atoms with van der Waals surface area (Å²) in [6.45, 7) is 3.49. The van der Waals surface area contributed by atoms with E-state index < -0.39 is 15.8 Å². The van der Waals surface area contributed by atoms with Crippen LogP contribution in [0.25, 0.3) is 0 Å². The number of sulfonamides is 1. The van der Waals surface area contributed by atoms with E-state index in [4.69, 9.17) is 5.73 Å². The zero-order chi connectivity index (χ0) is 15.6. The molecule has 0 spiro atoms. The van der Waals surface area contributed by atoms with Crippen LogP contribution in [0.2, 0.25) is 0 Å². The average molecular weight is 313 g/mol. The van der Waals surface area contributed by atoms with E-state index in [0.29, 0.717) is 12.1 Å². The SMILES string of the molecule is Cc1cc(F)c(N)c(C)c1S(=O)(=O)NCCn1ccnn1. The highest BCUT2D eigenvalue weighted by Crippen LogP contribution is 2.27. The number of nitrogens with two attached hydrogens (primary N) is 1. The van der Waals surface area contributed by atoms with Crippen LogP contribution in [0.1, 0.15) is 11.1 Å². The number of nitrogens with zero attached hydrogens (tertiary/aromatic N) is 3. The third-order valence-corrected chi connectivity index (χ3v) is 4.83. The lowest BCUT2D eigenvalue weighted by Crippen LogP contribution is -2.29.